The van der Waals surface area contributed by atoms with Gasteiger partial charge in [0.25, 0.3) is 10.0 Å². The van der Waals surface area contributed by atoms with E-state index in [0.717, 1.165) is 27.6 Å². The van der Waals surface area contributed by atoms with Gasteiger partial charge in [0.2, 0.25) is 5.91 Å². The van der Waals surface area contributed by atoms with Crippen LogP contribution in [-0.4, -0.2) is 33.5 Å². The summed E-state index contributed by atoms with van der Waals surface area (Å²) in [6.45, 7) is 7.71. The molecular formula is C28H33ClN2O4S. The monoisotopic (exact) mass is 528 g/mol. The molecule has 0 bridgehead atoms. The molecule has 3 aromatic carbocycles. The summed E-state index contributed by atoms with van der Waals surface area (Å²) >= 11 is 6.09. The summed E-state index contributed by atoms with van der Waals surface area (Å²) in [4.78, 5) is 13.0. The van der Waals surface area contributed by atoms with Crippen LogP contribution in [0.25, 0.3) is 0 Å². The Labute approximate surface area is 219 Å². The highest BCUT2D eigenvalue weighted by Gasteiger charge is 2.28. The SMILES string of the molecule is Cc1ccc(S(=O)(=O)N(CC(=O)NCCCc2cccc(OC(C)C)c2)c2ccc(Cl)cc2C)cc1. The molecule has 0 aromatic heterocycles. The molecule has 0 unspecified atom stereocenters. The van der Waals surface area contributed by atoms with E-state index in [1.165, 1.54) is 0 Å². The van der Waals surface area contributed by atoms with Crippen molar-refractivity contribution in [2.45, 2.75) is 51.5 Å². The number of ether oxygens (including phenoxy) is 1. The molecule has 1 N–H and O–H groups in total. The summed E-state index contributed by atoms with van der Waals surface area (Å²) in [5.41, 5.74) is 3.14. The maximum absolute atomic E-state index is 13.5. The van der Waals surface area contributed by atoms with Crippen molar-refractivity contribution in [3.8, 4) is 5.75 Å². The zero-order valence-corrected chi connectivity index (χ0v) is 22.7. The molecule has 0 radical (unpaired) electrons. The molecule has 0 saturated heterocycles. The molecule has 0 saturated carbocycles. The third-order valence-corrected chi connectivity index (χ3v) is 7.57. The topological polar surface area (TPSA) is 75.7 Å². The summed E-state index contributed by atoms with van der Waals surface area (Å²) in [7, 11) is -3.97. The molecule has 8 heteroatoms. The number of anilines is 1. The van der Waals surface area contributed by atoms with E-state index in [-0.39, 0.29) is 23.5 Å². The number of benzene rings is 3. The van der Waals surface area contributed by atoms with Crippen LogP contribution in [-0.2, 0) is 21.2 Å². The van der Waals surface area contributed by atoms with Gasteiger partial charge < -0.3 is 10.1 Å². The first-order valence-electron chi connectivity index (χ1n) is 11.9. The Kier molecular flexibility index (Phi) is 9.40. The van der Waals surface area contributed by atoms with Crippen molar-refractivity contribution < 1.29 is 17.9 Å². The van der Waals surface area contributed by atoms with Crippen molar-refractivity contribution >= 4 is 33.2 Å². The van der Waals surface area contributed by atoms with Crippen molar-refractivity contribution in [1.82, 2.24) is 5.32 Å². The van der Waals surface area contributed by atoms with Gasteiger partial charge in [0.1, 0.15) is 12.3 Å². The molecule has 0 aliphatic heterocycles. The van der Waals surface area contributed by atoms with Gasteiger partial charge in [-0.1, -0.05) is 41.4 Å². The Morgan fingerprint density at radius 1 is 1.03 bits per heavy atom. The van der Waals surface area contributed by atoms with E-state index in [2.05, 4.69) is 5.32 Å². The molecule has 3 rings (SSSR count). The second-order valence-electron chi connectivity index (χ2n) is 9.02. The quantitative estimate of drug-likeness (QED) is 0.324. The van der Waals surface area contributed by atoms with Gasteiger partial charge in [-0.3, -0.25) is 9.10 Å². The lowest BCUT2D eigenvalue weighted by atomic mass is 10.1. The predicted octanol–water partition coefficient (Wildman–Crippen LogP) is 5.69. The van der Waals surface area contributed by atoms with E-state index in [1.807, 2.05) is 45.0 Å². The normalized spacial score (nSPS) is 11.4. The zero-order chi connectivity index (χ0) is 26.3. The van der Waals surface area contributed by atoms with E-state index in [0.29, 0.717) is 29.2 Å². The fourth-order valence-corrected chi connectivity index (χ4v) is 5.50. The molecular weight excluding hydrogens is 496 g/mol. The van der Waals surface area contributed by atoms with Crippen LogP contribution >= 0.6 is 11.6 Å². The lowest BCUT2D eigenvalue weighted by Gasteiger charge is -2.26. The lowest BCUT2D eigenvalue weighted by Crippen LogP contribution is -2.41. The minimum atomic E-state index is -3.97. The number of nitrogens with one attached hydrogen (secondary N) is 1. The second-order valence-corrected chi connectivity index (χ2v) is 11.3. The van der Waals surface area contributed by atoms with Crippen molar-refractivity contribution in [2.75, 3.05) is 17.4 Å². The fraction of sp³-hybridized carbons (Fsp3) is 0.321. The molecule has 0 aliphatic rings. The van der Waals surface area contributed by atoms with Crippen LogP contribution in [0.15, 0.2) is 71.6 Å². The summed E-state index contributed by atoms with van der Waals surface area (Å²) in [5.74, 6) is 0.443. The molecule has 0 aliphatic carbocycles. The van der Waals surface area contributed by atoms with Crippen molar-refractivity contribution in [1.29, 1.82) is 0 Å². The van der Waals surface area contributed by atoms with Gasteiger partial charge in [0.15, 0.2) is 0 Å². The van der Waals surface area contributed by atoms with Crippen molar-refractivity contribution in [2.24, 2.45) is 0 Å². The maximum Gasteiger partial charge on any atom is 0.264 e. The summed E-state index contributed by atoms with van der Waals surface area (Å²) < 4.78 is 34.0. The first-order valence-corrected chi connectivity index (χ1v) is 13.8. The smallest absolute Gasteiger partial charge is 0.264 e. The molecule has 0 spiro atoms. The maximum atomic E-state index is 13.5. The Bertz CT molecular complexity index is 1290. The van der Waals surface area contributed by atoms with E-state index < -0.39 is 10.0 Å². The second kappa shape index (κ2) is 12.3. The zero-order valence-electron chi connectivity index (χ0n) is 21.1. The van der Waals surface area contributed by atoms with Crippen LogP contribution in [0.5, 0.6) is 5.75 Å². The van der Waals surface area contributed by atoms with Gasteiger partial charge >= 0.3 is 0 Å². The molecule has 0 fully saturated rings. The summed E-state index contributed by atoms with van der Waals surface area (Å²) in [6.07, 6.45) is 1.57. The highest BCUT2D eigenvalue weighted by atomic mass is 35.5. The van der Waals surface area contributed by atoms with Crippen LogP contribution in [0, 0.1) is 13.8 Å². The van der Waals surface area contributed by atoms with Gasteiger partial charge in [-0.2, -0.15) is 0 Å². The third-order valence-electron chi connectivity index (χ3n) is 5.56. The Morgan fingerprint density at radius 2 is 1.75 bits per heavy atom. The Hall–Kier alpha value is -3.03. The number of rotatable bonds is 11. The van der Waals surface area contributed by atoms with Crippen LogP contribution in [0.2, 0.25) is 5.02 Å². The van der Waals surface area contributed by atoms with Gasteiger partial charge in [0.05, 0.1) is 16.7 Å². The molecule has 6 nitrogen and oxygen atoms in total. The largest absolute Gasteiger partial charge is 0.491 e. The lowest BCUT2D eigenvalue weighted by molar-refractivity contribution is -0.119. The number of sulfonamides is 1. The molecule has 0 atom stereocenters. The first-order chi connectivity index (χ1) is 17.1. The highest BCUT2D eigenvalue weighted by Crippen LogP contribution is 2.29. The predicted molar refractivity (Wildman–Crippen MR) is 145 cm³/mol. The van der Waals surface area contributed by atoms with Crippen molar-refractivity contribution in [3.63, 3.8) is 0 Å². The summed E-state index contributed by atoms with van der Waals surface area (Å²) in [5, 5.41) is 3.36. The molecule has 0 heterocycles. The van der Waals surface area contributed by atoms with Crippen LogP contribution in [0.4, 0.5) is 5.69 Å². The Morgan fingerprint density at radius 3 is 2.42 bits per heavy atom. The van der Waals surface area contributed by atoms with Crippen LogP contribution in [0.3, 0.4) is 0 Å². The molecule has 3 aromatic rings. The standard InChI is InChI=1S/C28H33ClN2O4S/c1-20(2)35-25-9-5-7-23(18-25)8-6-16-30-28(32)19-31(27-15-12-24(29)17-22(27)4)36(33,34)26-13-10-21(3)11-14-26/h5,7,9-15,17-18,20H,6,8,16,19H2,1-4H3,(H,30,32). The van der Waals surface area contributed by atoms with E-state index in [4.69, 9.17) is 16.3 Å². The summed E-state index contributed by atoms with van der Waals surface area (Å²) in [6, 6.07) is 19.4. The van der Waals surface area contributed by atoms with E-state index >= 15 is 0 Å². The number of hydrogen-bond acceptors (Lipinski definition) is 4. The average molecular weight is 529 g/mol. The van der Waals surface area contributed by atoms with E-state index in [9.17, 15) is 13.2 Å². The highest BCUT2D eigenvalue weighted by molar-refractivity contribution is 7.92. The van der Waals surface area contributed by atoms with E-state index in [1.54, 1.807) is 49.4 Å². The minimum Gasteiger partial charge on any atom is -0.491 e. The Balaban J connectivity index is 1.69. The third kappa shape index (κ3) is 7.48. The fourth-order valence-electron chi connectivity index (χ4n) is 3.79. The minimum absolute atomic E-state index is 0.1000. The molecule has 1 amide bonds. The van der Waals surface area contributed by atoms with Gasteiger partial charge in [-0.05, 0) is 94.1 Å². The number of carbonyl (C=O) groups excluding carboxylic acids is 1. The van der Waals surface area contributed by atoms with Crippen molar-refractivity contribution in [3.05, 3.63) is 88.4 Å². The molecule has 192 valence electrons. The number of halogens is 1. The number of hydrogen-bond donors (Lipinski definition) is 1. The van der Waals surface area contributed by atoms with Crippen LogP contribution < -0.4 is 14.4 Å². The number of amides is 1. The number of nitrogens with zero attached hydrogens (tertiary/aromatic N) is 1. The van der Waals surface area contributed by atoms with Crippen LogP contribution in [0.1, 0.15) is 37.0 Å². The number of aryl methyl sites for hydroxylation is 3. The number of carbonyl (C=O) groups is 1. The average Bonchev–Trinajstić information content (AvgIpc) is 2.81. The first kappa shape index (κ1) is 27.6. The van der Waals surface area contributed by atoms with Gasteiger partial charge in [-0.15, -0.1) is 0 Å². The van der Waals surface area contributed by atoms with Gasteiger partial charge in [0, 0.05) is 11.6 Å². The van der Waals surface area contributed by atoms with Gasteiger partial charge in [-0.25, -0.2) is 8.42 Å². The molecule has 36 heavy (non-hydrogen) atoms.